The molecule has 2 aromatic carbocycles. The molecule has 0 spiro atoms. The zero-order chi connectivity index (χ0) is 20.0. The molecule has 0 aliphatic heterocycles. The highest BCUT2D eigenvalue weighted by Gasteiger charge is 2.18. The van der Waals surface area contributed by atoms with Crippen LogP contribution >= 0.6 is 11.6 Å². The third-order valence-corrected chi connectivity index (χ3v) is 4.78. The summed E-state index contributed by atoms with van der Waals surface area (Å²) in [5, 5.41) is 6.43. The molecule has 0 saturated heterocycles. The number of carbonyl (C=O) groups excluding carboxylic acids is 2. The minimum Gasteiger partial charge on any atom is -0.321 e. The summed E-state index contributed by atoms with van der Waals surface area (Å²) in [5.41, 5.74) is 4.53. The molecule has 0 aliphatic carbocycles. The van der Waals surface area contributed by atoms with E-state index in [0.717, 1.165) is 27.3 Å². The van der Waals surface area contributed by atoms with Crippen molar-refractivity contribution < 1.29 is 14.5 Å². The SMILES string of the molecule is CC[NH+](CC(=O)Nc1cc(Cl)ccc1C)CC(=O)Nc1c(C)cccc1C. The first kappa shape index (κ1) is 20.9. The molecule has 0 heterocycles. The van der Waals surface area contributed by atoms with Crippen LogP contribution in [0.1, 0.15) is 23.6 Å². The molecule has 2 amide bonds. The molecule has 3 N–H and O–H groups in total. The number of hydrogen-bond acceptors (Lipinski definition) is 2. The molecule has 2 rings (SSSR count). The van der Waals surface area contributed by atoms with Gasteiger partial charge in [-0.25, -0.2) is 0 Å². The van der Waals surface area contributed by atoms with E-state index >= 15 is 0 Å². The standard InChI is InChI=1S/C21H26ClN3O2/c1-5-25(12-19(26)23-18-11-17(22)10-9-14(18)2)13-20(27)24-21-15(3)7-6-8-16(21)4/h6-11H,5,12-13H2,1-4H3,(H,23,26)(H,24,27)/p+1. The number of benzene rings is 2. The number of halogens is 1. The number of anilines is 2. The van der Waals surface area contributed by atoms with Gasteiger partial charge in [0.05, 0.1) is 6.54 Å². The largest absolute Gasteiger partial charge is 0.321 e. The van der Waals surface area contributed by atoms with Crippen LogP contribution in [0.15, 0.2) is 36.4 Å². The first-order chi connectivity index (χ1) is 12.8. The van der Waals surface area contributed by atoms with Gasteiger partial charge in [0.2, 0.25) is 0 Å². The summed E-state index contributed by atoms with van der Waals surface area (Å²) in [6.07, 6.45) is 0. The molecule has 5 nitrogen and oxygen atoms in total. The van der Waals surface area contributed by atoms with Crippen molar-refractivity contribution in [1.82, 2.24) is 0 Å². The number of aryl methyl sites for hydroxylation is 3. The van der Waals surface area contributed by atoms with E-state index in [-0.39, 0.29) is 24.9 Å². The predicted octanol–water partition coefficient (Wildman–Crippen LogP) is 2.75. The summed E-state index contributed by atoms with van der Waals surface area (Å²) in [4.78, 5) is 25.7. The lowest BCUT2D eigenvalue weighted by Gasteiger charge is -2.18. The summed E-state index contributed by atoms with van der Waals surface area (Å²) in [5.74, 6) is -0.243. The van der Waals surface area contributed by atoms with Crippen LogP contribution in [0.5, 0.6) is 0 Å². The average molecular weight is 389 g/mol. The number of para-hydroxylation sites is 1. The fourth-order valence-corrected chi connectivity index (χ4v) is 3.06. The van der Waals surface area contributed by atoms with Gasteiger partial charge in [-0.15, -0.1) is 0 Å². The zero-order valence-electron chi connectivity index (χ0n) is 16.3. The smallest absolute Gasteiger partial charge is 0.279 e. The summed E-state index contributed by atoms with van der Waals surface area (Å²) in [7, 11) is 0. The Bertz CT molecular complexity index is 816. The Hall–Kier alpha value is -2.37. The van der Waals surface area contributed by atoms with Gasteiger partial charge in [0.1, 0.15) is 0 Å². The van der Waals surface area contributed by atoms with Crippen molar-refractivity contribution in [3.8, 4) is 0 Å². The minimum atomic E-state index is -0.142. The van der Waals surface area contributed by atoms with E-state index in [1.54, 1.807) is 12.1 Å². The fraction of sp³-hybridized carbons (Fsp3) is 0.333. The zero-order valence-corrected chi connectivity index (χ0v) is 17.0. The predicted molar refractivity (Wildman–Crippen MR) is 111 cm³/mol. The molecular formula is C21H27ClN3O2+. The molecule has 0 radical (unpaired) electrons. The van der Waals surface area contributed by atoms with Crippen molar-refractivity contribution in [2.24, 2.45) is 0 Å². The fourth-order valence-electron chi connectivity index (χ4n) is 2.89. The van der Waals surface area contributed by atoms with Gasteiger partial charge in [-0.2, -0.15) is 0 Å². The van der Waals surface area contributed by atoms with E-state index in [2.05, 4.69) is 10.6 Å². The van der Waals surface area contributed by atoms with Crippen LogP contribution in [0.3, 0.4) is 0 Å². The van der Waals surface area contributed by atoms with Crippen molar-refractivity contribution in [2.75, 3.05) is 30.3 Å². The Morgan fingerprint density at radius 1 is 0.926 bits per heavy atom. The molecule has 0 aromatic heterocycles. The Kier molecular flexibility index (Phi) is 7.39. The maximum absolute atomic E-state index is 12.4. The van der Waals surface area contributed by atoms with Crippen molar-refractivity contribution in [1.29, 1.82) is 0 Å². The van der Waals surface area contributed by atoms with E-state index in [1.807, 2.05) is 52.0 Å². The van der Waals surface area contributed by atoms with Gasteiger partial charge in [-0.1, -0.05) is 35.9 Å². The monoisotopic (exact) mass is 388 g/mol. The van der Waals surface area contributed by atoms with Crippen LogP contribution in [0.25, 0.3) is 0 Å². The average Bonchev–Trinajstić information content (AvgIpc) is 2.61. The van der Waals surface area contributed by atoms with E-state index in [9.17, 15) is 9.59 Å². The maximum atomic E-state index is 12.4. The number of likely N-dealkylation sites (N-methyl/N-ethyl adjacent to an activating group) is 1. The van der Waals surface area contributed by atoms with Crippen molar-refractivity contribution in [3.63, 3.8) is 0 Å². The quantitative estimate of drug-likeness (QED) is 0.683. The highest BCUT2D eigenvalue weighted by molar-refractivity contribution is 6.31. The second-order valence-corrected chi connectivity index (χ2v) is 7.22. The lowest BCUT2D eigenvalue weighted by atomic mass is 10.1. The highest BCUT2D eigenvalue weighted by Crippen LogP contribution is 2.20. The van der Waals surface area contributed by atoms with E-state index in [1.165, 1.54) is 0 Å². The molecule has 0 aliphatic rings. The van der Waals surface area contributed by atoms with E-state index in [0.29, 0.717) is 17.3 Å². The summed E-state index contributed by atoms with van der Waals surface area (Å²) >= 11 is 6.00. The van der Waals surface area contributed by atoms with Gasteiger partial charge in [0, 0.05) is 16.4 Å². The molecule has 0 saturated carbocycles. The van der Waals surface area contributed by atoms with Gasteiger partial charge in [0.15, 0.2) is 13.1 Å². The van der Waals surface area contributed by atoms with Crippen LogP contribution < -0.4 is 15.5 Å². The molecule has 0 fully saturated rings. The van der Waals surface area contributed by atoms with Crippen molar-refractivity contribution >= 4 is 34.8 Å². The first-order valence-corrected chi connectivity index (χ1v) is 9.43. The Labute approximate surface area is 165 Å². The number of nitrogens with one attached hydrogen (secondary N) is 3. The summed E-state index contributed by atoms with van der Waals surface area (Å²) < 4.78 is 0. The normalized spacial score (nSPS) is 11.7. The van der Waals surface area contributed by atoms with Gasteiger partial charge >= 0.3 is 0 Å². The third-order valence-electron chi connectivity index (χ3n) is 4.54. The van der Waals surface area contributed by atoms with Gasteiger partial charge in [-0.3, -0.25) is 9.59 Å². The Morgan fingerprint density at radius 3 is 2.11 bits per heavy atom. The van der Waals surface area contributed by atoms with Crippen LogP contribution in [-0.4, -0.2) is 31.4 Å². The second kappa shape index (κ2) is 9.53. The number of amides is 2. The summed E-state index contributed by atoms with van der Waals surface area (Å²) in [6, 6.07) is 11.3. The van der Waals surface area contributed by atoms with Crippen LogP contribution in [0, 0.1) is 20.8 Å². The topological polar surface area (TPSA) is 62.6 Å². The molecule has 0 bridgehead atoms. The van der Waals surface area contributed by atoms with Crippen LogP contribution in [-0.2, 0) is 9.59 Å². The van der Waals surface area contributed by atoms with Crippen LogP contribution in [0.2, 0.25) is 5.02 Å². The van der Waals surface area contributed by atoms with Gasteiger partial charge < -0.3 is 15.5 Å². The van der Waals surface area contributed by atoms with E-state index in [4.69, 9.17) is 11.6 Å². The molecule has 27 heavy (non-hydrogen) atoms. The number of rotatable bonds is 7. The van der Waals surface area contributed by atoms with Crippen molar-refractivity contribution in [3.05, 3.63) is 58.1 Å². The second-order valence-electron chi connectivity index (χ2n) is 6.78. The van der Waals surface area contributed by atoms with E-state index < -0.39 is 0 Å². The third kappa shape index (κ3) is 6.08. The maximum Gasteiger partial charge on any atom is 0.279 e. The number of hydrogen-bond donors (Lipinski definition) is 3. The van der Waals surface area contributed by atoms with Gasteiger partial charge in [0.25, 0.3) is 11.8 Å². The number of quaternary nitrogens is 1. The molecule has 144 valence electrons. The Balaban J connectivity index is 1.95. The molecule has 2 aromatic rings. The molecule has 1 atom stereocenters. The lowest BCUT2D eigenvalue weighted by Crippen LogP contribution is -3.13. The Morgan fingerprint density at radius 2 is 1.52 bits per heavy atom. The number of carbonyl (C=O) groups is 2. The van der Waals surface area contributed by atoms with Crippen LogP contribution in [0.4, 0.5) is 11.4 Å². The molecular weight excluding hydrogens is 362 g/mol. The first-order valence-electron chi connectivity index (χ1n) is 9.05. The lowest BCUT2D eigenvalue weighted by molar-refractivity contribution is -0.881. The van der Waals surface area contributed by atoms with Crippen molar-refractivity contribution in [2.45, 2.75) is 27.7 Å². The minimum absolute atomic E-state index is 0.101. The van der Waals surface area contributed by atoms with Gasteiger partial charge in [-0.05, 0) is 56.5 Å². The summed E-state index contributed by atoms with van der Waals surface area (Å²) in [6.45, 7) is 8.91. The molecule has 6 heteroatoms. The molecule has 1 unspecified atom stereocenters. The highest BCUT2D eigenvalue weighted by atomic mass is 35.5.